The zero-order valence-electron chi connectivity index (χ0n) is 40.7. The van der Waals surface area contributed by atoms with Gasteiger partial charge in [0, 0.05) is 76.2 Å². The molecule has 0 rings (SSSR count). The summed E-state index contributed by atoms with van der Waals surface area (Å²) in [5.41, 5.74) is -0.206. The van der Waals surface area contributed by atoms with Gasteiger partial charge in [0.1, 0.15) is 0 Å². The van der Waals surface area contributed by atoms with Gasteiger partial charge >= 0.3 is 0 Å². The van der Waals surface area contributed by atoms with Crippen molar-refractivity contribution in [3.8, 4) is 0 Å². The number of hydrogen-bond acceptors (Lipinski definition) is 14. The van der Waals surface area contributed by atoms with Gasteiger partial charge in [-0.25, -0.2) is 0 Å². The highest BCUT2D eigenvalue weighted by atomic mass is 32.2. The van der Waals surface area contributed by atoms with E-state index in [1.165, 1.54) is 38.5 Å². The molecule has 61 heavy (non-hydrogen) atoms. The minimum Gasteiger partial charge on any atom is -0.375 e. The zero-order valence-corrected chi connectivity index (χ0v) is 51.0. The minimum atomic E-state index is -0.103. The van der Waals surface area contributed by atoms with Crippen LogP contribution in [0.5, 0.6) is 0 Å². The van der Waals surface area contributed by atoms with E-state index in [-0.39, 0.29) is 11.2 Å². The fourth-order valence-electron chi connectivity index (χ4n) is 6.64. The Labute approximate surface area is 439 Å². The van der Waals surface area contributed by atoms with E-state index < -0.39 is 0 Å². The largest absolute Gasteiger partial charge is 0.375 e. The molecule has 0 spiro atoms. The predicted molar refractivity (Wildman–Crippen MR) is 320 cm³/mol. The van der Waals surface area contributed by atoms with Crippen molar-refractivity contribution in [1.29, 1.82) is 0 Å². The Morgan fingerprint density at radius 2 is 0.459 bits per heavy atom. The highest BCUT2D eigenvalue weighted by Crippen LogP contribution is 2.37. The van der Waals surface area contributed by atoms with Gasteiger partial charge in [0.05, 0.1) is 11.2 Å². The Kier molecular flexibility index (Phi) is 41.4. The van der Waals surface area contributed by atoms with Crippen LogP contribution in [-0.4, -0.2) is 122 Å². The summed E-state index contributed by atoms with van der Waals surface area (Å²) in [7, 11) is 0. The van der Waals surface area contributed by atoms with Gasteiger partial charge in [0.15, 0.2) is 0 Å². The Bertz CT molecular complexity index is 819. The Hall–Kier alpha value is 4.12. The molecule has 368 valence electrons. The average Bonchev–Trinajstić information content (AvgIpc) is 3.20. The van der Waals surface area contributed by atoms with Crippen molar-refractivity contribution in [1.82, 2.24) is 0 Å². The van der Waals surface area contributed by atoms with Gasteiger partial charge in [-0.1, -0.05) is 83.1 Å². The normalized spacial score (nSPS) is 20.4. The summed E-state index contributed by atoms with van der Waals surface area (Å²) in [4.78, 5) is 0. The second-order valence-electron chi connectivity index (χ2n) is 17.9. The van der Waals surface area contributed by atoms with E-state index in [4.69, 9.17) is 85.2 Å². The van der Waals surface area contributed by atoms with Gasteiger partial charge in [0.25, 0.3) is 0 Å². The summed E-state index contributed by atoms with van der Waals surface area (Å²) in [6.07, 6.45) is 14.7. The van der Waals surface area contributed by atoms with Crippen molar-refractivity contribution in [2.24, 2.45) is 0 Å². The average molecular weight is 1080 g/mol. The first-order valence-electron chi connectivity index (χ1n) is 23.7. The van der Waals surface area contributed by atoms with Crippen molar-refractivity contribution in [3.05, 3.63) is 0 Å². The van der Waals surface area contributed by atoms with E-state index in [1.54, 1.807) is 0 Å². The first-order valence-corrected chi connectivity index (χ1v) is 33.1. The molecule has 0 aliphatic heterocycles. The lowest BCUT2D eigenvalue weighted by Crippen LogP contribution is -2.36. The number of rotatable bonds is 42. The first-order chi connectivity index (χ1) is 28.7. The smallest absolute Gasteiger partial charge is 0.0683 e. The van der Waals surface area contributed by atoms with Gasteiger partial charge in [-0.2, -0.15) is 146 Å². The molecule has 0 aromatic rings. The maximum absolute atomic E-state index is 7.27. The molecule has 0 aliphatic carbocycles. The molecule has 0 radical (unpaired) electrons. The summed E-state index contributed by atoms with van der Waals surface area (Å²) < 4.78 is 14.5. The molecule has 0 amide bonds. The number of ether oxygens (including phenoxy) is 2. The van der Waals surface area contributed by atoms with Crippen LogP contribution in [0.1, 0.15) is 167 Å². The van der Waals surface area contributed by atoms with Gasteiger partial charge < -0.3 is 9.47 Å². The van der Waals surface area contributed by atoms with Crippen LogP contribution in [0, 0.1) is 0 Å². The molecule has 0 fully saturated rings. The predicted octanol–water partition coefficient (Wildman–Crippen LogP) is 16.2. The van der Waals surface area contributed by atoms with Crippen molar-refractivity contribution in [2.45, 2.75) is 241 Å². The molecule has 2 nitrogen and oxygen atoms in total. The second kappa shape index (κ2) is 38.8. The second-order valence-corrected chi connectivity index (χ2v) is 31.7. The van der Waals surface area contributed by atoms with Crippen LogP contribution in [0.15, 0.2) is 0 Å². The van der Waals surface area contributed by atoms with Crippen molar-refractivity contribution in [2.75, 3.05) is 47.7 Å². The SMILES string of the molecule is CC(S)C(C)SCCCC(CCCSC(C)C(C)S)(CCCSC(C)C(C)S)OCCCOC(CCCSC(C)C(C)S)(CCCSC(C)C(C)S)CCCSC(C)C(C)S. The van der Waals surface area contributed by atoms with Crippen LogP contribution in [0.3, 0.4) is 0 Å². The van der Waals surface area contributed by atoms with Crippen LogP contribution < -0.4 is 0 Å². The molecular weight excluding hydrogens is 981 g/mol. The molecule has 0 heterocycles. The third-order valence-corrected chi connectivity index (χ3v) is 24.8. The Morgan fingerprint density at radius 3 is 0.607 bits per heavy atom. The van der Waals surface area contributed by atoms with E-state index in [0.717, 1.165) is 92.7 Å². The Balaban J connectivity index is 6.23. The van der Waals surface area contributed by atoms with Crippen molar-refractivity contribution >= 4 is 146 Å². The van der Waals surface area contributed by atoms with E-state index in [9.17, 15) is 0 Å². The molecule has 0 N–H and O–H groups in total. The quantitative estimate of drug-likeness (QED) is 0.0265. The lowest BCUT2D eigenvalue weighted by atomic mass is 9.87. The van der Waals surface area contributed by atoms with Crippen molar-refractivity contribution in [3.63, 3.8) is 0 Å². The van der Waals surface area contributed by atoms with Crippen LogP contribution >= 0.6 is 146 Å². The lowest BCUT2D eigenvalue weighted by molar-refractivity contribution is -0.0937. The van der Waals surface area contributed by atoms with E-state index in [0.29, 0.717) is 63.0 Å². The van der Waals surface area contributed by atoms with E-state index in [1.807, 2.05) is 0 Å². The lowest BCUT2D eigenvalue weighted by Gasteiger charge is -2.37. The standard InChI is InChI=1S/C47H96O2S12/c1-34(50)40(7)56-28-13-20-46(21-14-29-57-41(8)35(2)51,22-15-30-58-42(9)36(3)52)48-26-19-27-49-47(23-16-31-59-43(10)37(4)53,24-17-32-60-44(11)38(5)54)25-18-33-61-45(12)39(6)55/h34-45,50-55H,13-33H2,1-12H3. The van der Waals surface area contributed by atoms with Gasteiger partial charge in [0.2, 0.25) is 0 Å². The topological polar surface area (TPSA) is 18.5 Å². The fourth-order valence-corrected chi connectivity index (χ4v) is 14.0. The molecule has 12 unspecified atom stereocenters. The maximum atomic E-state index is 7.27. The van der Waals surface area contributed by atoms with Gasteiger partial charge in [-0.15, -0.1) is 0 Å². The number of thiol groups is 6. The molecule has 14 heteroatoms. The summed E-state index contributed by atoms with van der Waals surface area (Å²) in [5, 5.41) is 5.70. The number of hydrogen-bond donors (Lipinski definition) is 6. The third-order valence-electron chi connectivity index (χ3n) is 12.1. The Morgan fingerprint density at radius 1 is 0.295 bits per heavy atom. The third kappa shape index (κ3) is 33.4. The van der Waals surface area contributed by atoms with Crippen molar-refractivity contribution < 1.29 is 9.47 Å². The van der Waals surface area contributed by atoms with Crippen LogP contribution in [0.4, 0.5) is 0 Å². The summed E-state index contributed by atoms with van der Waals surface area (Å²) in [6.45, 7) is 28.7. The summed E-state index contributed by atoms with van der Waals surface area (Å²) in [5.74, 6) is 6.96. The molecule has 0 aromatic heterocycles. The maximum Gasteiger partial charge on any atom is 0.0683 e. The molecule has 0 aliphatic rings. The highest BCUT2D eigenvalue weighted by molar-refractivity contribution is 8.02. The minimum absolute atomic E-state index is 0.103. The molecule has 0 saturated carbocycles. The number of thioether (sulfide) groups is 6. The van der Waals surface area contributed by atoms with Crippen LogP contribution in [0.2, 0.25) is 0 Å². The molecule has 12 atom stereocenters. The van der Waals surface area contributed by atoms with Crippen LogP contribution in [-0.2, 0) is 9.47 Å². The molecular formula is C47H96O2S12. The monoisotopic (exact) mass is 1080 g/mol. The molecule has 0 aromatic carbocycles. The van der Waals surface area contributed by atoms with Gasteiger partial charge in [-0.3, -0.25) is 0 Å². The molecule has 0 saturated heterocycles. The molecule has 0 bridgehead atoms. The first kappa shape index (κ1) is 65.1. The summed E-state index contributed by atoms with van der Waals surface area (Å²) >= 11 is 40.9. The van der Waals surface area contributed by atoms with E-state index >= 15 is 0 Å². The zero-order chi connectivity index (χ0) is 46.4. The fraction of sp³-hybridized carbons (Fsp3) is 1.00. The van der Waals surface area contributed by atoms with Gasteiger partial charge in [-0.05, 0) is 118 Å². The van der Waals surface area contributed by atoms with Crippen LogP contribution in [0.25, 0.3) is 0 Å². The highest BCUT2D eigenvalue weighted by Gasteiger charge is 2.33. The summed E-state index contributed by atoms with van der Waals surface area (Å²) in [6, 6.07) is 0. The van der Waals surface area contributed by atoms with E-state index in [2.05, 4.69) is 154 Å².